The third-order valence-electron chi connectivity index (χ3n) is 4.42. The van der Waals surface area contributed by atoms with E-state index in [9.17, 15) is 18.0 Å². The van der Waals surface area contributed by atoms with Crippen molar-refractivity contribution in [3.05, 3.63) is 35.4 Å². The Kier molecular flexibility index (Phi) is 7.28. The van der Waals surface area contributed by atoms with Gasteiger partial charge in [0, 0.05) is 25.6 Å². The molecule has 5 nitrogen and oxygen atoms in total. The minimum absolute atomic E-state index is 0. The van der Waals surface area contributed by atoms with Crippen LogP contribution in [0.2, 0.25) is 0 Å². The number of morpholine rings is 2. The quantitative estimate of drug-likeness (QED) is 0.855. The topological polar surface area (TPSA) is 50.8 Å². The highest BCUT2D eigenvalue weighted by Crippen LogP contribution is 2.32. The summed E-state index contributed by atoms with van der Waals surface area (Å²) in [7, 11) is 0. The Labute approximate surface area is 156 Å². The SMILES string of the molecule is Cl.O=C(CC1COCCN1)N1CCOC(c2cccc(C(F)(F)F)c2)C1. The van der Waals surface area contributed by atoms with Crippen molar-refractivity contribution in [2.24, 2.45) is 0 Å². The van der Waals surface area contributed by atoms with Crippen molar-refractivity contribution < 1.29 is 27.4 Å². The number of rotatable bonds is 3. The number of carbonyl (C=O) groups is 1. The Morgan fingerprint density at radius 1 is 1.31 bits per heavy atom. The van der Waals surface area contributed by atoms with Gasteiger partial charge in [-0.2, -0.15) is 13.2 Å². The molecule has 3 rings (SSSR count). The van der Waals surface area contributed by atoms with E-state index >= 15 is 0 Å². The number of alkyl halides is 3. The second-order valence-corrected chi connectivity index (χ2v) is 6.25. The summed E-state index contributed by atoms with van der Waals surface area (Å²) in [4.78, 5) is 14.1. The van der Waals surface area contributed by atoms with Crippen molar-refractivity contribution >= 4 is 18.3 Å². The van der Waals surface area contributed by atoms with Crippen molar-refractivity contribution in [3.8, 4) is 0 Å². The van der Waals surface area contributed by atoms with Crippen LogP contribution in [-0.2, 0) is 20.4 Å². The average Bonchev–Trinajstić information content (AvgIpc) is 2.62. The van der Waals surface area contributed by atoms with Gasteiger partial charge in [0.05, 0.1) is 31.9 Å². The molecule has 1 N–H and O–H groups in total. The molecule has 2 atom stereocenters. The lowest BCUT2D eigenvalue weighted by Crippen LogP contribution is -2.48. The van der Waals surface area contributed by atoms with Crippen molar-refractivity contribution in [2.45, 2.75) is 24.7 Å². The molecule has 2 heterocycles. The summed E-state index contributed by atoms with van der Waals surface area (Å²) in [5.41, 5.74) is -0.271. The highest BCUT2D eigenvalue weighted by Gasteiger charge is 2.32. The van der Waals surface area contributed by atoms with E-state index in [1.54, 1.807) is 11.0 Å². The predicted octanol–water partition coefficient (Wildman–Crippen LogP) is 2.41. The smallest absolute Gasteiger partial charge is 0.378 e. The molecule has 2 aliphatic rings. The zero-order chi connectivity index (χ0) is 17.9. The molecule has 9 heteroatoms. The van der Waals surface area contributed by atoms with Gasteiger partial charge in [-0.1, -0.05) is 12.1 Å². The highest BCUT2D eigenvalue weighted by atomic mass is 35.5. The van der Waals surface area contributed by atoms with Gasteiger partial charge in [0.2, 0.25) is 5.91 Å². The van der Waals surface area contributed by atoms with Gasteiger partial charge in [-0.15, -0.1) is 12.4 Å². The molecule has 1 aromatic carbocycles. The van der Waals surface area contributed by atoms with Gasteiger partial charge in [0.1, 0.15) is 6.10 Å². The second-order valence-electron chi connectivity index (χ2n) is 6.25. The van der Waals surface area contributed by atoms with Crippen molar-refractivity contribution in [1.29, 1.82) is 0 Å². The van der Waals surface area contributed by atoms with E-state index in [0.717, 1.165) is 12.1 Å². The van der Waals surface area contributed by atoms with E-state index in [1.807, 2.05) is 0 Å². The minimum atomic E-state index is -4.40. The van der Waals surface area contributed by atoms with Gasteiger partial charge in [0.25, 0.3) is 0 Å². The van der Waals surface area contributed by atoms with Crippen LogP contribution in [0.4, 0.5) is 13.2 Å². The van der Waals surface area contributed by atoms with E-state index in [2.05, 4.69) is 5.32 Å². The van der Waals surface area contributed by atoms with Crippen molar-refractivity contribution in [1.82, 2.24) is 10.2 Å². The average molecular weight is 395 g/mol. The van der Waals surface area contributed by atoms with Crippen LogP contribution in [-0.4, -0.2) is 56.3 Å². The molecule has 0 radical (unpaired) electrons. The number of ether oxygens (including phenoxy) is 2. The summed E-state index contributed by atoms with van der Waals surface area (Å²) in [5.74, 6) is -0.0386. The maximum atomic E-state index is 12.9. The molecule has 0 aliphatic carbocycles. The third-order valence-corrected chi connectivity index (χ3v) is 4.42. The maximum absolute atomic E-state index is 12.9. The molecule has 0 saturated carbocycles. The Morgan fingerprint density at radius 2 is 2.12 bits per heavy atom. The van der Waals surface area contributed by atoms with Crippen LogP contribution in [0.25, 0.3) is 0 Å². The van der Waals surface area contributed by atoms with Gasteiger partial charge in [-0.25, -0.2) is 0 Å². The number of benzene rings is 1. The van der Waals surface area contributed by atoms with Crippen molar-refractivity contribution in [2.75, 3.05) is 39.5 Å². The molecule has 26 heavy (non-hydrogen) atoms. The molecule has 2 saturated heterocycles. The molecular weight excluding hydrogens is 373 g/mol. The minimum Gasteiger partial charge on any atom is -0.378 e. The number of hydrogen-bond acceptors (Lipinski definition) is 4. The lowest BCUT2D eigenvalue weighted by molar-refractivity contribution is -0.141. The lowest BCUT2D eigenvalue weighted by atomic mass is 10.0. The first kappa shape index (κ1) is 21.0. The number of nitrogens with zero attached hydrogens (tertiary/aromatic N) is 1. The van der Waals surface area contributed by atoms with E-state index in [1.165, 1.54) is 6.07 Å². The summed E-state index contributed by atoms with van der Waals surface area (Å²) >= 11 is 0. The largest absolute Gasteiger partial charge is 0.416 e. The first-order chi connectivity index (χ1) is 11.9. The van der Waals surface area contributed by atoms with E-state index in [0.29, 0.717) is 44.9 Å². The first-order valence-electron chi connectivity index (χ1n) is 8.31. The van der Waals surface area contributed by atoms with Crippen LogP contribution in [0.5, 0.6) is 0 Å². The Hall–Kier alpha value is -1.35. The van der Waals surface area contributed by atoms with Crippen LogP contribution in [0.1, 0.15) is 23.7 Å². The first-order valence-corrected chi connectivity index (χ1v) is 8.31. The molecule has 2 aliphatic heterocycles. The second kappa shape index (κ2) is 9.03. The third kappa shape index (κ3) is 5.33. The Morgan fingerprint density at radius 3 is 2.81 bits per heavy atom. The summed E-state index contributed by atoms with van der Waals surface area (Å²) < 4.78 is 49.6. The summed E-state index contributed by atoms with van der Waals surface area (Å²) in [5, 5.41) is 3.23. The van der Waals surface area contributed by atoms with Crippen LogP contribution < -0.4 is 5.32 Å². The van der Waals surface area contributed by atoms with Gasteiger partial charge < -0.3 is 19.7 Å². The zero-order valence-corrected chi connectivity index (χ0v) is 14.9. The van der Waals surface area contributed by atoms with Crippen LogP contribution in [0.3, 0.4) is 0 Å². The fourth-order valence-electron chi connectivity index (χ4n) is 3.08. The maximum Gasteiger partial charge on any atom is 0.416 e. The number of halogens is 4. The molecule has 1 amide bonds. The molecular formula is C17H22ClF3N2O3. The molecule has 2 unspecified atom stereocenters. The molecule has 0 aromatic heterocycles. The molecule has 2 fully saturated rings. The Balaban J connectivity index is 0.00000243. The van der Waals surface area contributed by atoms with Gasteiger partial charge in [-0.05, 0) is 17.7 Å². The summed E-state index contributed by atoms with van der Waals surface area (Å²) in [6.45, 7) is 2.86. The van der Waals surface area contributed by atoms with E-state index in [4.69, 9.17) is 9.47 Å². The normalized spacial score (nSPS) is 24.0. The van der Waals surface area contributed by atoms with Gasteiger partial charge in [-0.3, -0.25) is 4.79 Å². The molecule has 0 bridgehead atoms. The fraction of sp³-hybridized carbons (Fsp3) is 0.588. The Bertz CT molecular complexity index is 609. The summed E-state index contributed by atoms with van der Waals surface area (Å²) in [6, 6.07) is 5.07. The van der Waals surface area contributed by atoms with Crippen LogP contribution in [0, 0.1) is 0 Å². The van der Waals surface area contributed by atoms with Crippen LogP contribution >= 0.6 is 12.4 Å². The lowest BCUT2D eigenvalue weighted by Gasteiger charge is -2.34. The predicted molar refractivity (Wildman–Crippen MR) is 91.2 cm³/mol. The standard InChI is InChI=1S/C17H21F3N2O3.ClH/c18-17(19,20)13-3-1-2-12(8-13)15-10-22(5-7-25-15)16(23)9-14-11-24-6-4-21-14;/h1-3,8,14-15,21H,4-7,9-11H2;1H. The monoisotopic (exact) mass is 394 g/mol. The zero-order valence-electron chi connectivity index (χ0n) is 14.1. The molecule has 146 valence electrons. The van der Waals surface area contributed by atoms with E-state index < -0.39 is 17.8 Å². The number of amides is 1. The molecule has 0 spiro atoms. The van der Waals surface area contributed by atoms with Gasteiger partial charge in [0.15, 0.2) is 0 Å². The summed E-state index contributed by atoms with van der Waals surface area (Å²) in [6.07, 6.45) is -4.63. The fourth-order valence-corrected chi connectivity index (χ4v) is 3.08. The van der Waals surface area contributed by atoms with Crippen molar-refractivity contribution in [3.63, 3.8) is 0 Å². The van der Waals surface area contributed by atoms with Crippen LogP contribution in [0.15, 0.2) is 24.3 Å². The number of carbonyl (C=O) groups excluding carboxylic acids is 1. The van der Waals surface area contributed by atoms with Gasteiger partial charge >= 0.3 is 6.18 Å². The number of nitrogens with one attached hydrogen (secondary N) is 1. The highest BCUT2D eigenvalue weighted by molar-refractivity contribution is 5.85. The molecule has 1 aromatic rings. The van der Waals surface area contributed by atoms with E-state index in [-0.39, 0.29) is 30.9 Å². The number of hydrogen-bond donors (Lipinski definition) is 1.